The molecule has 0 fully saturated rings. The molecule has 7 aromatic rings. The molecule has 0 spiro atoms. The molecule has 11 rings (SSSR count). The van der Waals surface area contributed by atoms with Gasteiger partial charge in [-0.2, -0.15) is 0 Å². The molecule has 0 aliphatic heterocycles. The second-order valence-corrected chi connectivity index (χ2v) is 16.0. The van der Waals surface area contributed by atoms with Crippen LogP contribution in [0.3, 0.4) is 0 Å². The van der Waals surface area contributed by atoms with Crippen LogP contribution in [-0.4, -0.2) is 0 Å². The van der Waals surface area contributed by atoms with Crippen LogP contribution in [-0.2, 0) is 10.8 Å². The van der Waals surface area contributed by atoms with E-state index in [1.54, 1.807) is 0 Å². The maximum atomic E-state index is 2.55. The van der Waals surface area contributed by atoms with Gasteiger partial charge in [0.15, 0.2) is 0 Å². The van der Waals surface area contributed by atoms with Crippen molar-refractivity contribution in [1.82, 2.24) is 0 Å². The SMILES string of the molecule is CCC1(C)c2ccccc2-c2ccc(-c3c4c(c(-c5ccc6c(c5)C(C)(C)c5ccccc5-6)c5c3=CCC=CC=5)-c3cccc5cccc-4c35)cc21. The first-order chi connectivity index (χ1) is 25.4. The minimum atomic E-state index is -0.0748. The van der Waals surface area contributed by atoms with Gasteiger partial charge in [-0.15, -0.1) is 0 Å². The molecule has 52 heavy (non-hydrogen) atoms. The van der Waals surface area contributed by atoms with E-state index in [9.17, 15) is 0 Å². The predicted octanol–water partition coefficient (Wildman–Crippen LogP) is 12.3. The van der Waals surface area contributed by atoms with Gasteiger partial charge >= 0.3 is 0 Å². The van der Waals surface area contributed by atoms with Crippen LogP contribution in [0.2, 0.25) is 0 Å². The summed E-state index contributed by atoms with van der Waals surface area (Å²) in [4.78, 5) is 0. The van der Waals surface area contributed by atoms with E-state index in [0.717, 1.165) is 12.8 Å². The van der Waals surface area contributed by atoms with E-state index in [1.807, 2.05) is 0 Å². The smallest absolute Gasteiger partial charge is 0.0184 e. The highest BCUT2D eigenvalue weighted by Gasteiger charge is 2.39. The first-order valence-electron chi connectivity index (χ1n) is 19.0. The number of allylic oxidation sites excluding steroid dienone is 2. The molecule has 4 aliphatic rings. The minimum absolute atomic E-state index is 0.0306. The van der Waals surface area contributed by atoms with E-state index >= 15 is 0 Å². The van der Waals surface area contributed by atoms with E-state index in [4.69, 9.17) is 0 Å². The van der Waals surface area contributed by atoms with E-state index in [1.165, 1.54) is 110 Å². The van der Waals surface area contributed by atoms with Crippen LogP contribution in [0.15, 0.2) is 133 Å². The van der Waals surface area contributed by atoms with Gasteiger partial charge in [-0.1, -0.05) is 161 Å². The van der Waals surface area contributed by atoms with E-state index in [2.05, 4.69) is 173 Å². The van der Waals surface area contributed by atoms with Crippen molar-refractivity contribution in [2.24, 2.45) is 0 Å². The summed E-state index contributed by atoms with van der Waals surface area (Å²) in [7, 11) is 0. The Balaban J connectivity index is 1.26. The van der Waals surface area contributed by atoms with Crippen LogP contribution >= 0.6 is 0 Å². The minimum Gasteiger partial charge on any atom is -0.0807 e. The maximum Gasteiger partial charge on any atom is 0.0184 e. The molecule has 0 heteroatoms. The van der Waals surface area contributed by atoms with Crippen molar-refractivity contribution in [2.75, 3.05) is 0 Å². The summed E-state index contributed by atoms with van der Waals surface area (Å²) in [5.41, 5.74) is 21.9. The van der Waals surface area contributed by atoms with Gasteiger partial charge in [0.2, 0.25) is 0 Å². The second-order valence-electron chi connectivity index (χ2n) is 16.0. The van der Waals surface area contributed by atoms with Crippen LogP contribution in [0.5, 0.6) is 0 Å². The summed E-state index contributed by atoms with van der Waals surface area (Å²) in [5, 5.41) is 5.35. The Bertz CT molecular complexity index is 2890. The van der Waals surface area contributed by atoms with Gasteiger partial charge in [-0.25, -0.2) is 0 Å². The van der Waals surface area contributed by atoms with Gasteiger partial charge < -0.3 is 0 Å². The first-order valence-corrected chi connectivity index (χ1v) is 19.0. The number of hydrogen-bond donors (Lipinski definition) is 0. The predicted molar refractivity (Wildman–Crippen MR) is 221 cm³/mol. The Morgan fingerprint density at radius 3 is 1.75 bits per heavy atom. The molecule has 0 bridgehead atoms. The van der Waals surface area contributed by atoms with Crippen molar-refractivity contribution in [1.29, 1.82) is 0 Å². The third-order valence-corrected chi connectivity index (χ3v) is 13.2. The zero-order valence-corrected chi connectivity index (χ0v) is 30.3. The highest BCUT2D eigenvalue weighted by atomic mass is 14.4. The summed E-state index contributed by atoms with van der Waals surface area (Å²) in [6, 6.07) is 46.6. The molecule has 0 saturated carbocycles. The van der Waals surface area contributed by atoms with Gasteiger partial charge in [-0.3, -0.25) is 0 Å². The van der Waals surface area contributed by atoms with Crippen LogP contribution in [0, 0.1) is 0 Å². The van der Waals surface area contributed by atoms with Crippen molar-refractivity contribution in [3.05, 3.63) is 166 Å². The van der Waals surface area contributed by atoms with E-state index in [-0.39, 0.29) is 10.8 Å². The zero-order valence-electron chi connectivity index (χ0n) is 30.3. The first kappa shape index (κ1) is 30.0. The maximum absolute atomic E-state index is 2.55. The van der Waals surface area contributed by atoms with Crippen LogP contribution in [0.1, 0.15) is 62.8 Å². The molecule has 0 amide bonds. The third kappa shape index (κ3) is 3.72. The van der Waals surface area contributed by atoms with Crippen LogP contribution in [0.4, 0.5) is 0 Å². The lowest BCUT2D eigenvalue weighted by atomic mass is 9.76. The van der Waals surface area contributed by atoms with Gasteiger partial charge in [0.05, 0.1) is 0 Å². The van der Waals surface area contributed by atoms with Gasteiger partial charge in [0, 0.05) is 10.8 Å². The summed E-state index contributed by atoms with van der Waals surface area (Å²) < 4.78 is 0. The molecule has 0 radical (unpaired) electrons. The lowest BCUT2D eigenvalue weighted by Crippen LogP contribution is -2.30. The average Bonchev–Trinajstić information content (AvgIpc) is 3.61. The summed E-state index contributed by atoms with van der Waals surface area (Å²) in [6.45, 7) is 9.58. The molecule has 0 N–H and O–H groups in total. The number of fused-ring (bicyclic) bond motifs is 10. The molecular formula is C52H40. The highest BCUT2D eigenvalue weighted by molar-refractivity contribution is 6.21. The quantitative estimate of drug-likeness (QED) is 0.176. The number of hydrogen-bond acceptors (Lipinski definition) is 0. The lowest BCUT2D eigenvalue weighted by molar-refractivity contribution is 0.565. The lowest BCUT2D eigenvalue weighted by Gasteiger charge is -2.26. The van der Waals surface area contributed by atoms with Crippen molar-refractivity contribution in [2.45, 2.75) is 51.4 Å². The molecule has 1 unspecified atom stereocenters. The number of benzene rings is 7. The molecular weight excluding hydrogens is 625 g/mol. The topological polar surface area (TPSA) is 0 Å². The summed E-state index contributed by atoms with van der Waals surface area (Å²) in [6.07, 6.45) is 11.4. The van der Waals surface area contributed by atoms with Crippen LogP contribution < -0.4 is 10.4 Å². The monoisotopic (exact) mass is 664 g/mol. The Hall–Kier alpha value is -5.72. The van der Waals surface area contributed by atoms with Gasteiger partial charge in [0.1, 0.15) is 0 Å². The standard InChI is InChI=1S/C52H40/c1-5-52(4)43-24-12-10-18-35(43)37-28-26-33(30-45(37)52)48-39-20-8-6-7-19-38(39)47(49-40-21-13-15-31-16-14-22-41(46(31)40)50(48)49)32-25-27-36-34-17-9-11-23-42(34)51(2,3)44(36)29-32/h6-7,9-30H,5,8H2,1-4H3. The van der Waals surface area contributed by atoms with Crippen molar-refractivity contribution in [3.8, 4) is 66.8 Å². The molecule has 248 valence electrons. The fraction of sp³-hybridized carbons (Fsp3) is 0.154. The number of rotatable bonds is 3. The van der Waals surface area contributed by atoms with E-state index in [0.29, 0.717) is 0 Å². The Morgan fingerprint density at radius 1 is 0.500 bits per heavy atom. The largest absolute Gasteiger partial charge is 0.0807 e. The summed E-state index contributed by atoms with van der Waals surface area (Å²) in [5.74, 6) is 0. The summed E-state index contributed by atoms with van der Waals surface area (Å²) >= 11 is 0. The van der Waals surface area contributed by atoms with Crippen LogP contribution in [0.25, 0.3) is 89.7 Å². The Morgan fingerprint density at radius 2 is 1.06 bits per heavy atom. The zero-order chi connectivity index (χ0) is 34.9. The normalized spacial score (nSPS) is 17.7. The Kier molecular flexibility index (Phi) is 6.01. The molecule has 0 aromatic heterocycles. The molecule has 1 atom stereocenters. The fourth-order valence-corrected chi connectivity index (χ4v) is 10.5. The van der Waals surface area contributed by atoms with Crippen molar-refractivity contribution < 1.29 is 0 Å². The second kappa shape index (κ2) is 10.4. The van der Waals surface area contributed by atoms with Gasteiger partial charge in [0.25, 0.3) is 0 Å². The fourth-order valence-electron chi connectivity index (χ4n) is 10.5. The molecule has 4 aliphatic carbocycles. The molecule has 0 heterocycles. The van der Waals surface area contributed by atoms with Crippen molar-refractivity contribution in [3.63, 3.8) is 0 Å². The van der Waals surface area contributed by atoms with Crippen molar-refractivity contribution >= 4 is 22.9 Å². The highest BCUT2D eigenvalue weighted by Crippen LogP contribution is 2.56. The van der Waals surface area contributed by atoms with Gasteiger partial charge in [-0.05, 0) is 135 Å². The molecule has 7 aromatic carbocycles. The molecule has 0 saturated heterocycles. The Labute approximate surface area is 306 Å². The third-order valence-electron chi connectivity index (χ3n) is 13.2. The van der Waals surface area contributed by atoms with E-state index < -0.39 is 0 Å². The average molecular weight is 665 g/mol. The molecule has 0 nitrogen and oxygen atoms in total.